The molecule has 8 nitrogen and oxygen atoms in total. The molecule has 0 bridgehead atoms. The molecule has 3 aromatic rings. The number of hydrogen-bond acceptors (Lipinski definition) is 6. The molecule has 0 saturated carbocycles. The van der Waals surface area contributed by atoms with E-state index in [1.54, 1.807) is 25.1 Å². The lowest BCUT2D eigenvalue weighted by Gasteiger charge is -2.12. The van der Waals surface area contributed by atoms with E-state index in [1.807, 2.05) is 0 Å². The van der Waals surface area contributed by atoms with Gasteiger partial charge in [-0.3, -0.25) is 4.79 Å². The standard InChI is InChI=1S/C17H16FN5O3/c1-10-20-21-22-23(10)15-8-11(4-7-16(15)26-3)19-17(24)13-6-5-12(25-2)9-14(13)18/h4-9H,1-3H3,(H,19,24). The molecule has 1 aromatic heterocycles. The van der Waals surface area contributed by atoms with Gasteiger partial charge in [0.2, 0.25) is 0 Å². The first kappa shape index (κ1) is 17.3. The van der Waals surface area contributed by atoms with E-state index in [4.69, 9.17) is 9.47 Å². The molecule has 0 aliphatic heterocycles. The average molecular weight is 357 g/mol. The molecule has 1 N–H and O–H groups in total. The van der Waals surface area contributed by atoms with E-state index in [-0.39, 0.29) is 5.56 Å². The minimum absolute atomic E-state index is 0.0956. The van der Waals surface area contributed by atoms with Crippen LogP contribution in [0.15, 0.2) is 36.4 Å². The Morgan fingerprint density at radius 1 is 1.15 bits per heavy atom. The van der Waals surface area contributed by atoms with Crippen LogP contribution in [0.4, 0.5) is 10.1 Å². The molecule has 26 heavy (non-hydrogen) atoms. The highest BCUT2D eigenvalue weighted by molar-refractivity contribution is 6.04. The largest absolute Gasteiger partial charge is 0.497 e. The van der Waals surface area contributed by atoms with Gasteiger partial charge < -0.3 is 14.8 Å². The number of methoxy groups -OCH3 is 2. The number of carbonyl (C=O) groups excluding carboxylic acids is 1. The number of halogens is 1. The van der Waals surface area contributed by atoms with Gasteiger partial charge in [-0.1, -0.05) is 0 Å². The smallest absolute Gasteiger partial charge is 0.258 e. The Hall–Kier alpha value is -3.49. The molecule has 0 aliphatic carbocycles. The number of anilines is 1. The van der Waals surface area contributed by atoms with Crippen molar-refractivity contribution in [3.05, 3.63) is 53.6 Å². The fraction of sp³-hybridized carbons (Fsp3) is 0.176. The second-order valence-electron chi connectivity index (χ2n) is 5.32. The molecule has 0 unspecified atom stereocenters. The topological polar surface area (TPSA) is 91.2 Å². The van der Waals surface area contributed by atoms with Gasteiger partial charge in [-0.05, 0) is 47.7 Å². The second kappa shape index (κ2) is 7.18. The summed E-state index contributed by atoms with van der Waals surface area (Å²) in [5, 5.41) is 14.0. The molecule has 1 amide bonds. The molecule has 3 rings (SSSR count). The van der Waals surface area contributed by atoms with Gasteiger partial charge in [0.1, 0.15) is 23.0 Å². The van der Waals surface area contributed by atoms with E-state index in [9.17, 15) is 9.18 Å². The lowest BCUT2D eigenvalue weighted by atomic mass is 10.1. The quantitative estimate of drug-likeness (QED) is 0.754. The maximum atomic E-state index is 14.1. The first-order valence-electron chi connectivity index (χ1n) is 7.61. The van der Waals surface area contributed by atoms with Crippen LogP contribution < -0.4 is 14.8 Å². The zero-order chi connectivity index (χ0) is 18.7. The van der Waals surface area contributed by atoms with E-state index in [0.29, 0.717) is 28.7 Å². The summed E-state index contributed by atoms with van der Waals surface area (Å²) in [6.07, 6.45) is 0. The average Bonchev–Trinajstić information content (AvgIpc) is 3.07. The molecule has 0 radical (unpaired) electrons. The Balaban J connectivity index is 1.91. The number of nitrogens with one attached hydrogen (secondary N) is 1. The Kier molecular flexibility index (Phi) is 4.78. The van der Waals surface area contributed by atoms with Crippen molar-refractivity contribution >= 4 is 11.6 Å². The van der Waals surface area contributed by atoms with Crippen LogP contribution in [0.2, 0.25) is 0 Å². The minimum Gasteiger partial charge on any atom is -0.497 e. The highest BCUT2D eigenvalue weighted by Gasteiger charge is 2.15. The van der Waals surface area contributed by atoms with E-state index in [2.05, 4.69) is 20.8 Å². The summed E-state index contributed by atoms with van der Waals surface area (Å²) in [6.45, 7) is 1.73. The van der Waals surface area contributed by atoms with Crippen LogP contribution in [0.25, 0.3) is 5.69 Å². The number of nitrogens with zero attached hydrogens (tertiary/aromatic N) is 4. The fourth-order valence-electron chi connectivity index (χ4n) is 2.39. The number of benzene rings is 2. The third-order valence-corrected chi connectivity index (χ3v) is 3.71. The summed E-state index contributed by atoms with van der Waals surface area (Å²) in [6, 6.07) is 8.97. The highest BCUT2D eigenvalue weighted by Crippen LogP contribution is 2.27. The number of carbonyl (C=O) groups is 1. The van der Waals surface area contributed by atoms with Gasteiger partial charge in [0.05, 0.1) is 19.8 Å². The van der Waals surface area contributed by atoms with Crippen LogP contribution in [0.1, 0.15) is 16.2 Å². The van der Waals surface area contributed by atoms with Gasteiger partial charge in [0.25, 0.3) is 5.91 Å². The Morgan fingerprint density at radius 3 is 2.58 bits per heavy atom. The van der Waals surface area contributed by atoms with Crippen LogP contribution in [0, 0.1) is 12.7 Å². The van der Waals surface area contributed by atoms with Crippen molar-refractivity contribution in [3.8, 4) is 17.2 Å². The molecule has 0 saturated heterocycles. The van der Waals surface area contributed by atoms with Crippen LogP contribution in [-0.2, 0) is 0 Å². The fourth-order valence-corrected chi connectivity index (χ4v) is 2.39. The monoisotopic (exact) mass is 357 g/mol. The van der Waals surface area contributed by atoms with Crippen molar-refractivity contribution in [2.75, 3.05) is 19.5 Å². The SMILES string of the molecule is COc1ccc(C(=O)Nc2ccc(OC)c(-n3nnnc3C)c2)c(F)c1. The molecule has 0 aliphatic rings. The molecule has 2 aromatic carbocycles. The number of aromatic nitrogens is 4. The van der Waals surface area contributed by atoms with Crippen LogP contribution in [-0.4, -0.2) is 40.3 Å². The zero-order valence-corrected chi connectivity index (χ0v) is 14.4. The van der Waals surface area contributed by atoms with Gasteiger partial charge >= 0.3 is 0 Å². The molecule has 0 atom stereocenters. The van der Waals surface area contributed by atoms with Crippen molar-refractivity contribution in [1.29, 1.82) is 0 Å². The Labute approximate surface area is 148 Å². The summed E-state index contributed by atoms with van der Waals surface area (Å²) in [5.41, 5.74) is 0.890. The molecule has 9 heteroatoms. The van der Waals surface area contributed by atoms with Gasteiger partial charge in [-0.25, -0.2) is 4.39 Å². The van der Waals surface area contributed by atoms with Gasteiger partial charge in [-0.15, -0.1) is 5.10 Å². The Morgan fingerprint density at radius 2 is 1.96 bits per heavy atom. The summed E-state index contributed by atoms with van der Waals surface area (Å²) in [4.78, 5) is 12.4. The Bertz CT molecular complexity index is 957. The summed E-state index contributed by atoms with van der Waals surface area (Å²) in [7, 11) is 2.94. The lowest BCUT2D eigenvalue weighted by molar-refractivity contribution is 0.102. The predicted octanol–water partition coefficient (Wildman–Crippen LogP) is 2.38. The summed E-state index contributed by atoms with van der Waals surface area (Å²) in [5.74, 6) is 0.142. The summed E-state index contributed by atoms with van der Waals surface area (Å²) < 4.78 is 25.8. The third-order valence-electron chi connectivity index (χ3n) is 3.71. The van der Waals surface area contributed by atoms with Gasteiger partial charge in [-0.2, -0.15) is 4.68 Å². The maximum Gasteiger partial charge on any atom is 0.258 e. The summed E-state index contributed by atoms with van der Waals surface area (Å²) >= 11 is 0. The van der Waals surface area contributed by atoms with E-state index < -0.39 is 11.7 Å². The first-order chi connectivity index (χ1) is 12.5. The van der Waals surface area contributed by atoms with Crippen molar-refractivity contribution < 1.29 is 18.7 Å². The van der Waals surface area contributed by atoms with Crippen molar-refractivity contribution in [2.24, 2.45) is 0 Å². The number of tetrazole rings is 1. The van der Waals surface area contributed by atoms with Crippen molar-refractivity contribution in [3.63, 3.8) is 0 Å². The maximum absolute atomic E-state index is 14.1. The van der Waals surface area contributed by atoms with E-state index in [0.717, 1.165) is 6.07 Å². The predicted molar refractivity (Wildman–Crippen MR) is 91.3 cm³/mol. The van der Waals surface area contributed by atoms with E-state index in [1.165, 1.54) is 31.0 Å². The molecule has 0 fully saturated rings. The molecular formula is C17H16FN5O3. The molecule has 1 heterocycles. The highest BCUT2D eigenvalue weighted by atomic mass is 19.1. The first-order valence-corrected chi connectivity index (χ1v) is 7.61. The van der Waals surface area contributed by atoms with Crippen molar-refractivity contribution in [2.45, 2.75) is 6.92 Å². The number of aryl methyl sites for hydroxylation is 1. The van der Waals surface area contributed by atoms with Crippen LogP contribution in [0.3, 0.4) is 0 Å². The second-order valence-corrected chi connectivity index (χ2v) is 5.32. The number of rotatable bonds is 5. The normalized spacial score (nSPS) is 10.5. The number of ether oxygens (including phenoxy) is 2. The van der Waals surface area contributed by atoms with Gasteiger partial charge in [0, 0.05) is 11.8 Å². The number of amides is 1. The van der Waals surface area contributed by atoms with Crippen LogP contribution in [0.5, 0.6) is 11.5 Å². The van der Waals surface area contributed by atoms with Crippen molar-refractivity contribution in [1.82, 2.24) is 20.2 Å². The van der Waals surface area contributed by atoms with Crippen LogP contribution >= 0.6 is 0 Å². The lowest BCUT2D eigenvalue weighted by Crippen LogP contribution is -2.14. The molecular weight excluding hydrogens is 341 g/mol. The van der Waals surface area contributed by atoms with E-state index >= 15 is 0 Å². The van der Waals surface area contributed by atoms with Gasteiger partial charge in [0.15, 0.2) is 5.82 Å². The molecule has 134 valence electrons. The minimum atomic E-state index is -0.674. The zero-order valence-electron chi connectivity index (χ0n) is 14.4. The molecule has 0 spiro atoms. The third kappa shape index (κ3) is 3.32. The number of hydrogen-bond donors (Lipinski definition) is 1.